The summed E-state index contributed by atoms with van der Waals surface area (Å²) >= 11 is 0. The number of fused-ring (bicyclic) bond motifs is 3. The number of likely N-dealkylation sites (N-methyl/N-ethyl adjacent to an activating group) is 1. The minimum Gasteiger partial charge on any atom is -0.477 e. The van der Waals surface area contributed by atoms with Crippen LogP contribution in [0.2, 0.25) is 0 Å². The number of nitrogens with two attached hydrogens (primary N) is 1. The first-order valence-electron chi connectivity index (χ1n) is 12.1. The molecule has 1 unspecified atom stereocenters. The predicted molar refractivity (Wildman–Crippen MR) is 136 cm³/mol. The number of aliphatic hydroxyl groups excluding tert-OH is 1. The van der Waals surface area contributed by atoms with Crippen molar-refractivity contribution in [3.63, 3.8) is 0 Å². The molecule has 3 aromatic heterocycles. The van der Waals surface area contributed by atoms with Crippen molar-refractivity contribution in [3.05, 3.63) is 53.2 Å². The Kier molecular flexibility index (Phi) is 5.45. The number of rotatable bonds is 3. The lowest BCUT2D eigenvalue weighted by atomic mass is 9.92. The van der Waals surface area contributed by atoms with Gasteiger partial charge in [-0.3, -0.25) is 9.48 Å². The van der Waals surface area contributed by atoms with Crippen LogP contribution < -0.4 is 15.8 Å². The van der Waals surface area contributed by atoms with Crippen LogP contribution in [0.1, 0.15) is 29.3 Å². The molecule has 5 heterocycles. The minimum atomic E-state index is -0.724. The van der Waals surface area contributed by atoms with Gasteiger partial charge in [0.25, 0.3) is 0 Å². The number of benzene rings is 1. The summed E-state index contributed by atoms with van der Waals surface area (Å²) in [5, 5.41) is 19.4. The van der Waals surface area contributed by atoms with E-state index >= 15 is 4.39 Å². The van der Waals surface area contributed by atoms with E-state index in [2.05, 4.69) is 20.4 Å². The molecule has 0 spiro atoms. The van der Waals surface area contributed by atoms with Crippen LogP contribution in [-0.4, -0.2) is 55.9 Å². The number of nitrogens with one attached hydrogen (secondary N) is 1. The summed E-state index contributed by atoms with van der Waals surface area (Å²) < 4.78 is 22.7. The van der Waals surface area contributed by atoms with Crippen LogP contribution in [0.5, 0.6) is 5.88 Å². The lowest BCUT2D eigenvalue weighted by molar-refractivity contribution is -0.130. The number of nitrogens with zero attached hydrogens (tertiary/aromatic N) is 5. The topological polar surface area (TPSA) is 131 Å². The molecule has 4 N–H and O–H groups in total. The van der Waals surface area contributed by atoms with E-state index in [1.54, 1.807) is 35.0 Å². The maximum Gasteiger partial charge on any atom is 0.244 e. The lowest BCUT2D eigenvalue weighted by Gasteiger charge is -2.24. The van der Waals surface area contributed by atoms with E-state index < -0.39 is 11.9 Å². The zero-order chi connectivity index (χ0) is 25.8. The Morgan fingerprint density at radius 3 is 2.86 bits per heavy atom. The van der Waals surface area contributed by atoms with Gasteiger partial charge < -0.3 is 25.8 Å². The fourth-order valence-corrected chi connectivity index (χ4v) is 4.99. The average Bonchev–Trinajstić information content (AvgIpc) is 3.19. The fraction of sp³-hybridized carbons (Fsp3) is 0.308. The molecule has 2 aliphatic heterocycles. The third kappa shape index (κ3) is 3.91. The monoisotopic (exact) mass is 503 g/mol. The van der Waals surface area contributed by atoms with E-state index in [0.717, 1.165) is 5.69 Å². The predicted octanol–water partition coefficient (Wildman–Crippen LogP) is 3.10. The summed E-state index contributed by atoms with van der Waals surface area (Å²) in [7, 11) is 1.79. The standard InChI is InChI=1S/C26H26FN7O3/c1-13-17(10-30-26-23(13)19(35)4-6-37-26)16-7-14-8-20(29-11-18(14)25(28)24(16)27)31-21-9-15-3-5-33(2)22(36)12-34(15)32-21/h7-11,19,35H,3-6,12,28H2,1-2H3,(H,29,31,32). The highest BCUT2D eigenvalue weighted by Crippen LogP contribution is 2.40. The third-order valence-corrected chi connectivity index (χ3v) is 7.14. The summed E-state index contributed by atoms with van der Waals surface area (Å²) in [5.74, 6) is 0.882. The highest BCUT2D eigenvalue weighted by Gasteiger charge is 2.26. The molecule has 6 rings (SSSR count). The van der Waals surface area contributed by atoms with E-state index in [4.69, 9.17) is 10.5 Å². The number of hydrogen-bond donors (Lipinski definition) is 3. The number of carbonyl (C=O) groups excluding carboxylic acids is 1. The van der Waals surface area contributed by atoms with E-state index in [9.17, 15) is 9.90 Å². The van der Waals surface area contributed by atoms with Crippen molar-refractivity contribution in [2.24, 2.45) is 0 Å². The number of amides is 1. The quantitative estimate of drug-likeness (QED) is 0.364. The molecule has 0 fully saturated rings. The second-order valence-corrected chi connectivity index (χ2v) is 9.48. The summed E-state index contributed by atoms with van der Waals surface area (Å²) in [6.07, 6.45) is 3.50. The zero-order valence-electron chi connectivity index (χ0n) is 20.5. The largest absolute Gasteiger partial charge is 0.477 e. The average molecular weight is 504 g/mol. The van der Waals surface area contributed by atoms with Crippen molar-refractivity contribution in [2.45, 2.75) is 32.4 Å². The molecule has 0 radical (unpaired) electrons. The smallest absolute Gasteiger partial charge is 0.244 e. The normalized spacial score (nSPS) is 17.2. The van der Waals surface area contributed by atoms with Crippen molar-refractivity contribution in [2.75, 3.05) is 31.2 Å². The maximum absolute atomic E-state index is 15.5. The van der Waals surface area contributed by atoms with Crippen LogP contribution in [0, 0.1) is 12.7 Å². The molecule has 4 aromatic rings. The molecule has 10 nitrogen and oxygen atoms in total. The molecule has 2 aliphatic rings. The molecule has 0 saturated heterocycles. The van der Waals surface area contributed by atoms with Crippen LogP contribution in [0.4, 0.5) is 21.7 Å². The lowest BCUT2D eigenvalue weighted by Crippen LogP contribution is -2.29. The van der Waals surface area contributed by atoms with Crippen molar-refractivity contribution < 1.29 is 19.0 Å². The number of hydrogen-bond acceptors (Lipinski definition) is 8. The van der Waals surface area contributed by atoms with Gasteiger partial charge in [0.15, 0.2) is 11.6 Å². The van der Waals surface area contributed by atoms with Gasteiger partial charge in [-0.05, 0) is 30.0 Å². The van der Waals surface area contributed by atoms with Crippen LogP contribution in [0.25, 0.3) is 21.9 Å². The first kappa shape index (κ1) is 23.2. The second kappa shape index (κ2) is 8.70. The van der Waals surface area contributed by atoms with Crippen molar-refractivity contribution in [1.29, 1.82) is 0 Å². The summed E-state index contributed by atoms with van der Waals surface area (Å²) in [5.41, 5.74) is 9.22. The molecule has 37 heavy (non-hydrogen) atoms. The molecular formula is C26H26FN7O3. The van der Waals surface area contributed by atoms with Crippen molar-refractivity contribution in [3.8, 4) is 17.0 Å². The van der Waals surface area contributed by atoms with Crippen LogP contribution in [-0.2, 0) is 17.8 Å². The maximum atomic E-state index is 15.5. The van der Waals surface area contributed by atoms with Gasteiger partial charge >= 0.3 is 0 Å². The molecule has 190 valence electrons. The molecule has 1 aromatic carbocycles. The molecular weight excluding hydrogens is 477 g/mol. The first-order chi connectivity index (χ1) is 17.8. The minimum absolute atomic E-state index is 0.00769. The Morgan fingerprint density at radius 2 is 2.03 bits per heavy atom. The molecule has 1 amide bonds. The fourth-order valence-electron chi connectivity index (χ4n) is 4.99. The SMILES string of the molecule is Cc1c(-c2cc3cc(Nc4cc5n(n4)CC(=O)N(C)CC5)ncc3c(N)c2F)cnc2c1C(O)CCO2. The summed E-state index contributed by atoms with van der Waals surface area (Å²) in [4.78, 5) is 22.6. The molecule has 1 atom stereocenters. The van der Waals surface area contributed by atoms with E-state index in [0.29, 0.717) is 71.0 Å². The Morgan fingerprint density at radius 1 is 1.19 bits per heavy atom. The highest BCUT2D eigenvalue weighted by atomic mass is 19.1. The van der Waals surface area contributed by atoms with E-state index in [1.165, 1.54) is 6.20 Å². The summed E-state index contributed by atoms with van der Waals surface area (Å²) in [6, 6.07) is 5.38. The number of halogens is 1. The van der Waals surface area contributed by atoms with Gasteiger partial charge in [0.2, 0.25) is 11.8 Å². The van der Waals surface area contributed by atoms with Gasteiger partial charge in [-0.25, -0.2) is 14.4 Å². The Bertz CT molecular complexity index is 1570. The number of aromatic nitrogens is 4. The second-order valence-electron chi connectivity index (χ2n) is 9.48. The van der Waals surface area contributed by atoms with Gasteiger partial charge in [0.05, 0.1) is 18.4 Å². The molecule has 0 saturated carbocycles. The van der Waals surface area contributed by atoms with Crippen LogP contribution in [0.3, 0.4) is 0 Å². The Balaban J connectivity index is 1.37. The number of nitrogen functional groups attached to an aromatic ring is 1. The summed E-state index contributed by atoms with van der Waals surface area (Å²) in [6.45, 7) is 3.02. The first-order valence-corrected chi connectivity index (χ1v) is 12.1. The number of ether oxygens (including phenoxy) is 1. The van der Waals surface area contributed by atoms with Crippen LogP contribution in [0.15, 0.2) is 30.6 Å². The molecule has 0 aliphatic carbocycles. The van der Waals surface area contributed by atoms with Gasteiger partial charge in [-0.2, -0.15) is 5.10 Å². The van der Waals surface area contributed by atoms with Gasteiger partial charge in [0, 0.05) is 72.7 Å². The van der Waals surface area contributed by atoms with Crippen LogP contribution >= 0.6 is 0 Å². The van der Waals surface area contributed by atoms with Gasteiger partial charge in [0.1, 0.15) is 12.4 Å². The van der Waals surface area contributed by atoms with Gasteiger partial charge in [-0.1, -0.05) is 0 Å². The zero-order valence-corrected chi connectivity index (χ0v) is 20.5. The number of anilines is 3. The third-order valence-electron chi connectivity index (χ3n) is 7.14. The van der Waals surface area contributed by atoms with Crippen molar-refractivity contribution in [1.82, 2.24) is 24.6 Å². The highest BCUT2D eigenvalue weighted by molar-refractivity contribution is 5.98. The molecule has 11 heteroatoms. The van der Waals surface area contributed by atoms with E-state index in [1.807, 2.05) is 13.0 Å². The van der Waals surface area contributed by atoms with E-state index in [-0.39, 0.29) is 23.7 Å². The Labute approximate surface area is 211 Å². The van der Waals surface area contributed by atoms with Gasteiger partial charge in [-0.15, -0.1) is 0 Å². The molecule has 0 bridgehead atoms. The Hall–Kier alpha value is -4.25. The number of pyridine rings is 2. The number of aliphatic hydroxyl groups is 1. The van der Waals surface area contributed by atoms with Crippen molar-refractivity contribution >= 4 is 34.0 Å². The number of carbonyl (C=O) groups is 1.